The Hall–Kier alpha value is -2.25. The van der Waals surface area contributed by atoms with E-state index in [1.807, 2.05) is 0 Å². The third kappa shape index (κ3) is 4.54. The molecule has 142 valence electrons. The second-order valence-electron chi connectivity index (χ2n) is 6.11. The summed E-state index contributed by atoms with van der Waals surface area (Å²) in [7, 11) is 0. The molecule has 3 rings (SSSR count). The van der Waals surface area contributed by atoms with Crippen LogP contribution in [0.5, 0.6) is 0 Å². The van der Waals surface area contributed by atoms with Gasteiger partial charge in [-0.05, 0) is 31.2 Å². The van der Waals surface area contributed by atoms with Gasteiger partial charge in [-0.15, -0.1) is 0 Å². The standard InChI is InChI=1S/C20H18BrFO5/c1-12-16(26-19(23)13-8-4-2-5-9-13)17(15(21)18(22)25-12)27-20(24)14-10-6-3-7-11-14/h2-12,15-18H,1H3/t12-,15+,16+,17-,18+/m1/s1. The molecule has 1 fully saturated rings. The van der Waals surface area contributed by atoms with Crippen molar-refractivity contribution < 1.29 is 28.2 Å². The highest BCUT2D eigenvalue weighted by Gasteiger charge is 2.48. The molecule has 0 spiro atoms. The monoisotopic (exact) mass is 436 g/mol. The fourth-order valence-corrected chi connectivity index (χ4v) is 3.32. The average molecular weight is 437 g/mol. The SMILES string of the molecule is C[C@H]1O[C@H](F)[C@@H](Br)[C@@H](OC(=O)c2ccccc2)[C@H]1OC(=O)c1ccccc1. The topological polar surface area (TPSA) is 61.8 Å². The molecule has 0 aromatic heterocycles. The van der Waals surface area contributed by atoms with Crippen LogP contribution in [-0.2, 0) is 14.2 Å². The van der Waals surface area contributed by atoms with E-state index in [1.165, 1.54) is 0 Å². The van der Waals surface area contributed by atoms with Gasteiger partial charge in [0.1, 0.15) is 4.83 Å². The third-order valence-electron chi connectivity index (χ3n) is 4.20. The van der Waals surface area contributed by atoms with Crippen molar-refractivity contribution >= 4 is 27.9 Å². The molecule has 5 nitrogen and oxygen atoms in total. The number of hydrogen-bond acceptors (Lipinski definition) is 5. The van der Waals surface area contributed by atoms with E-state index in [-0.39, 0.29) is 0 Å². The molecule has 0 radical (unpaired) electrons. The lowest BCUT2D eigenvalue weighted by atomic mass is 10.0. The van der Waals surface area contributed by atoms with E-state index in [4.69, 9.17) is 14.2 Å². The van der Waals surface area contributed by atoms with Crippen LogP contribution >= 0.6 is 15.9 Å². The van der Waals surface area contributed by atoms with Crippen molar-refractivity contribution in [2.45, 2.75) is 36.4 Å². The first-order valence-corrected chi connectivity index (χ1v) is 9.34. The minimum Gasteiger partial charge on any atom is -0.453 e. The highest BCUT2D eigenvalue weighted by atomic mass is 79.9. The molecule has 7 heteroatoms. The summed E-state index contributed by atoms with van der Waals surface area (Å²) in [6.07, 6.45) is -4.53. The maximum absolute atomic E-state index is 14.2. The average Bonchev–Trinajstić information content (AvgIpc) is 2.69. The van der Waals surface area contributed by atoms with Crippen LogP contribution in [0.2, 0.25) is 0 Å². The molecule has 1 aliphatic rings. The quantitative estimate of drug-likeness (QED) is 0.536. The van der Waals surface area contributed by atoms with Crippen molar-refractivity contribution in [2.24, 2.45) is 0 Å². The summed E-state index contributed by atoms with van der Waals surface area (Å²) in [5.74, 6) is -1.24. The molecule has 5 atom stereocenters. The second kappa shape index (κ2) is 8.63. The van der Waals surface area contributed by atoms with Gasteiger partial charge >= 0.3 is 11.9 Å². The zero-order valence-electron chi connectivity index (χ0n) is 14.5. The van der Waals surface area contributed by atoms with Crippen molar-refractivity contribution in [3.05, 3.63) is 71.8 Å². The van der Waals surface area contributed by atoms with Crippen molar-refractivity contribution in [1.29, 1.82) is 0 Å². The van der Waals surface area contributed by atoms with Gasteiger partial charge in [-0.25, -0.2) is 14.0 Å². The lowest BCUT2D eigenvalue weighted by Gasteiger charge is -2.39. The van der Waals surface area contributed by atoms with Gasteiger partial charge in [-0.1, -0.05) is 52.3 Å². The number of carbonyl (C=O) groups excluding carboxylic acids is 2. The molecular formula is C20H18BrFO5. The molecule has 1 saturated heterocycles. The lowest BCUT2D eigenvalue weighted by molar-refractivity contribution is -0.194. The van der Waals surface area contributed by atoms with Gasteiger partial charge in [0.25, 0.3) is 0 Å². The molecule has 0 unspecified atom stereocenters. The lowest BCUT2D eigenvalue weighted by Crippen LogP contribution is -2.56. The Morgan fingerprint density at radius 2 is 1.33 bits per heavy atom. The molecule has 2 aromatic carbocycles. The summed E-state index contributed by atoms with van der Waals surface area (Å²) in [5, 5.41) is 0. The van der Waals surface area contributed by atoms with Gasteiger partial charge in [-0.3, -0.25) is 0 Å². The van der Waals surface area contributed by atoms with Crippen molar-refractivity contribution in [1.82, 2.24) is 0 Å². The number of carbonyl (C=O) groups is 2. The van der Waals surface area contributed by atoms with E-state index >= 15 is 0 Å². The summed E-state index contributed by atoms with van der Waals surface area (Å²) >= 11 is 3.17. The van der Waals surface area contributed by atoms with E-state index in [1.54, 1.807) is 67.6 Å². The number of hydrogen-bond donors (Lipinski definition) is 0. The number of esters is 2. The molecule has 0 amide bonds. The number of halogens is 2. The van der Waals surface area contributed by atoms with Crippen molar-refractivity contribution in [3.63, 3.8) is 0 Å². The summed E-state index contributed by atoms with van der Waals surface area (Å²) in [6.45, 7) is 1.57. The number of benzene rings is 2. The van der Waals surface area contributed by atoms with Gasteiger partial charge in [0.15, 0.2) is 12.2 Å². The normalized spacial score (nSPS) is 27.6. The Bertz CT molecular complexity index is 785. The Morgan fingerprint density at radius 3 is 1.81 bits per heavy atom. The maximum Gasteiger partial charge on any atom is 0.338 e. The minimum atomic E-state index is -1.71. The van der Waals surface area contributed by atoms with Crippen molar-refractivity contribution in [2.75, 3.05) is 0 Å². The Kier molecular flexibility index (Phi) is 6.23. The van der Waals surface area contributed by atoms with Crippen molar-refractivity contribution in [3.8, 4) is 0 Å². The van der Waals surface area contributed by atoms with Crippen LogP contribution in [0.25, 0.3) is 0 Å². The predicted octanol–water partition coefficient (Wildman–Crippen LogP) is 3.92. The van der Waals surface area contributed by atoms with Gasteiger partial charge in [0.05, 0.1) is 17.2 Å². The van der Waals surface area contributed by atoms with E-state index in [0.717, 1.165) is 0 Å². The molecule has 2 aromatic rings. The molecule has 27 heavy (non-hydrogen) atoms. The van der Waals surface area contributed by atoms with Gasteiger partial charge in [-0.2, -0.15) is 0 Å². The summed E-state index contributed by atoms with van der Waals surface area (Å²) < 4.78 is 30.4. The van der Waals surface area contributed by atoms with E-state index in [0.29, 0.717) is 11.1 Å². The molecule has 1 heterocycles. The number of rotatable bonds is 4. The van der Waals surface area contributed by atoms with Crippen LogP contribution in [0, 0.1) is 0 Å². The molecule has 0 N–H and O–H groups in total. The van der Waals surface area contributed by atoms with Crippen LogP contribution in [0.4, 0.5) is 4.39 Å². The first-order chi connectivity index (χ1) is 13.0. The molecule has 0 bridgehead atoms. The highest BCUT2D eigenvalue weighted by Crippen LogP contribution is 2.32. The zero-order valence-corrected chi connectivity index (χ0v) is 16.0. The number of alkyl halides is 2. The number of ether oxygens (including phenoxy) is 3. The first-order valence-electron chi connectivity index (χ1n) is 8.43. The zero-order chi connectivity index (χ0) is 19.4. The van der Waals surface area contributed by atoms with E-state index < -0.39 is 41.4 Å². The smallest absolute Gasteiger partial charge is 0.338 e. The maximum atomic E-state index is 14.2. The molecular weight excluding hydrogens is 419 g/mol. The van der Waals surface area contributed by atoms with Crippen LogP contribution in [0.3, 0.4) is 0 Å². The molecule has 0 saturated carbocycles. The molecule has 1 aliphatic heterocycles. The molecule has 0 aliphatic carbocycles. The fraction of sp³-hybridized carbons (Fsp3) is 0.300. The van der Waals surface area contributed by atoms with Crippen LogP contribution < -0.4 is 0 Å². The van der Waals surface area contributed by atoms with E-state index in [2.05, 4.69) is 15.9 Å². The van der Waals surface area contributed by atoms with Gasteiger partial charge in [0, 0.05) is 0 Å². The fourth-order valence-electron chi connectivity index (χ4n) is 2.78. The highest BCUT2D eigenvalue weighted by molar-refractivity contribution is 9.09. The van der Waals surface area contributed by atoms with Crippen LogP contribution in [-0.4, -0.2) is 41.4 Å². The summed E-state index contributed by atoms with van der Waals surface area (Å²) in [6, 6.07) is 16.7. The largest absolute Gasteiger partial charge is 0.453 e. The Balaban J connectivity index is 1.80. The third-order valence-corrected chi connectivity index (χ3v) is 5.14. The second-order valence-corrected chi connectivity index (χ2v) is 7.17. The minimum absolute atomic E-state index is 0.319. The summed E-state index contributed by atoms with van der Waals surface area (Å²) in [5.41, 5.74) is 0.659. The van der Waals surface area contributed by atoms with E-state index in [9.17, 15) is 14.0 Å². The summed E-state index contributed by atoms with van der Waals surface area (Å²) in [4.78, 5) is 23.9. The van der Waals surface area contributed by atoms with Gasteiger partial charge < -0.3 is 14.2 Å². The van der Waals surface area contributed by atoms with Gasteiger partial charge in [0.2, 0.25) is 6.36 Å². The van der Waals surface area contributed by atoms with Crippen LogP contribution in [0.1, 0.15) is 27.6 Å². The van der Waals surface area contributed by atoms with Crippen LogP contribution in [0.15, 0.2) is 60.7 Å². The Morgan fingerprint density at radius 1 is 0.889 bits per heavy atom. The Labute approximate surface area is 164 Å². The predicted molar refractivity (Wildman–Crippen MR) is 99.4 cm³/mol. The first kappa shape index (κ1) is 19.5.